The quantitative estimate of drug-likeness (QED) is 0.612. The molecular weight excluding hydrogens is 324 g/mol. The zero-order valence-corrected chi connectivity index (χ0v) is 13.9. The lowest BCUT2D eigenvalue weighted by atomic mass is 10.1. The minimum atomic E-state index is -0.428. The number of hydrogen-bond acceptors (Lipinski definition) is 5. The fraction of sp³-hybridized carbons (Fsp3) is 0.438. The van der Waals surface area contributed by atoms with Crippen molar-refractivity contribution in [1.29, 1.82) is 0 Å². The van der Waals surface area contributed by atoms with Gasteiger partial charge in [0.05, 0.1) is 11.0 Å². The molecule has 2 heterocycles. The largest absolute Gasteiger partial charge is 0.338 e. The van der Waals surface area contributed by atoms with Crippen LogP contribution < -0.4 is 10.6 Å². The van der Waals surface area contributed by atoms with Gasteiger partial charge in [-0.25, -0.2) is 4.79 Å². The van der Waals surface area contributed by atoms with E-state index in [0.717, 1.165) is 36.6 Å². The fourth-order valence-corrected chi connectivity index (χ4v) is 2.95. The molecule has 0 spiro atoms. The number of amides is 2. The Labute approximate surface area is 144 Å². The van der Waals surface area contributed by atoms with Gasteiger partial charge in [-0.1, -0.05) is 12.1 Å². The summed E-state index contributed by atoms with van der Waals surface area (Å²) < 4.78 is 2.05. The number of rotatable bonds is 6. The molecule has 9 nitrogen and oxygen atoms in total. The monoisotopic (exact) mass is 344 g/mol. The second-order valence-corrected chi connectivity index (χ2v) is 6.03. The Hall–Kier alpha value is -2.97. The summed E-state index contributed by atoms with van der Waals surface area (Å²) >= 11 is 0. The standard InChI is InChI=1S/C16H20N6O3/c1-11(15-20-19-14-6-3-9-21(14)15)18-16(23)17-8-7-12-4-2-5-13(10-12)22(24)25/h2,4-5,10-11H,3,6-9H2,1H3,(H2,17,18,23)/t11-/m0/s1. The van der Waals surface area contributed by atoms with E-state index < -0.39 is 4.92 Å². The second-order valence-electron chi connectivity index (χ2n) is 6.03. The Morgan fingerprint density at radius 2 is 2.28 bits per heavy atom. The third-order valence-corrected chi connectivity index (χ3v) is 4.19. The summed E-state index contributed by atoms with van der Waals surface area (Å²) in [6, 6.07) is 5.87. The second kappa shape index (κ2) is 7.29. The molecule has 0 radical (unpaired) electrons. The lowest BCUT2D eigenvalue weighted by molar-refractivity contribution is -0.384. The molecule has 0 saturated carbocycles. The van der Waals surface area contributed by atoms with Gasteiger partial charge in [0.1, 0.15) is 5.82 Å². The molecule has 2 N–H and O–H groups in total. The highest BCUT2D eigenvalue weighted by molar-refractivity contribution is 5.74. The van der Waals surface area contributed by atoms with Gasteiger partial charge in [-0.05, 0) is 25.3 Å². The summed E-state index contributed by atoms with van der Waals surface area (Å²) in [5.41, 5.74) is 0.856. The van der Waals surface area contributed by atoms with Gasteiger partial charge in [-0.15, -0.1) is 10.2 Å². The molecule has 0 fully saturated rings. The Bertz CT molecular complexity index is 788. The fourth-order valence-electron chi connectivity index (χ4n) is 2.95. The zero-order valence-electron chi connectivity index (χ0n) is 13.9. The van der Waals surface area contributed by atoms with Crippen LogP contribution in [0.3, 0.4) is 0 Å². The van der Waals surface area contributed by atoms with Gasteiger partial charge in [-0.3, -0.25) is 10.1 Å². The topological polar surface area (TPSA) is 115 Å². The van der Waals surface area contributed by atoms with Crippen molar-refractivity contribution in [2.45, 2.75) is 38.8 Å². The van der Waals surface area contributed by atoms with Crippen molar-refractivity contribution in [2.24, 2.45) is 0 Å². The summed E-state index contributed by atoms with van der Waals surface area (Å²) in [4.78, 5) is 22.4. The number of carbonyl (C=O) groups is 1. The van der Waals surface area contributed by atoms with E-state index >= 15 is 0 Å². The van der Waals surface area contributed by atoms with E-state index in [9.17, 15) is 14.9 Å². The molecule has 2 amide bonds. The summed E-state index contributed by atoms with van der Waals surface area (Å²) in [7, 11) is 0. The number of nitro groups is 1. The molecule has 1 atom stereocenters. The van der Waals surface area contributed by atoms with E-state index in [0.29, 0.717) is 13.0 Å². The number of non-ortho nitro benzene ring substituents is 1. The van der Waals surface area contributed by atoms with Gasteiger partial charge >= 0.3 is 6.03 Å². The van der Waals surface area contributed by atoms with Crippen molar-refractivity contribution in [2.75, 3.05) is 6.54 Å². The number of aryl methyl sites for hydroxylation is 1. The van der Waals surface area contributed by atoms with Gasteiger partial charge in [0, 0.05) is 31.6 Å². The molecule has 25 heavy (non-hydrogen) atoms. The molecular formula is C16H20N6O3. The molecule has 1 aromatic heterocycles. The van der Waals surface area contributed by atoms with E-state index in [1.54, 1.807) is 12.1 Å². The van der Waals surface area contributed by atoms with E-state index in [2.05, 4.69) is 20.8 Å². The lowest BCUT2D eigenvalue weighted by Gasteiger charge is -2.14. The summed E-state index contributed by atoms with van der Waals surface area (Å²) in [6.07, 6.45) is 2.50. The van der Waals surface area contributed by atoms with E-state index in [1.807, 2.05) is 11.5 Å². The van der Waals surface area contributed by atoms with E-state index in [-0.39, 0.29) is 17.8 Å². The number of nitro benzene ring substituents is 1. The first-order chi connectivity index (χ1) is 12.0. The van der Waals surface area contributed by atoms with Crippen LogP contribution in [0.15, 0.2) is 24.3 Å². The minimum absolute atomic E-state index is 0.0521. The first kappa shape index (κ1) is 16.9. The van der Waals surface area contributed by atoms with Gasteiger partial charge in [0.2, 0.25) is 0 Å². The number of benzene rings is 1. The highest BCUT2D eigenvalue weighted by Crippen LogP contribution is 2.18. The van der Waals surface area contributed by atoms with Crippen LogP contribution in [-0.2, 0) is 19.4 Å². The minimum Gasteiger partial charge on any atom is -0.338 e. The number of carbonyl (C=O) groups excluding carboxylic acids is 1. The van der Waals surface area contributed by atoms with Crippen molar-refractivity contribution in [3.8, 4) is 0 Å². The number of aromatic nitrogens is 3. The van der Waals surface area contributed by atoms with E-state index in [1.165, 1.54) is 12.1 Å². The Kier molecular flexibility index (Phi) is 4.92. The molecule has 0 saturated heterocycles. The highest BCUT2D eigenvalue weighted by atomic mass is 16.6. The summed E-state index contributed by atoms with van der Waals surface area (Å²) in [6.45, 7) is 3.14. The summed E-state index contributed by atoms with van der Waals surface area (Å²) in [5, 5.41) is 24.7. The van der Waals surface area contributed by atoms with Crippen LogP contribution in [0.4, 0.5) is 10.5 Å². The van der Waals surface area contributed by atoms with Crippen LogP contribution in [0, 0.1) is 10.1 Å². The molecule has 9 heteroatoms. The number of hydrogen-bond donors (Lipinski definition) is 2. The third kappa shape index (κ3) is 3.93. The SMILES string of the molecule is C[C@H](NC(=O)NCCc1cccc([N+](=O)[O-])c1)c1nnc2n1CCC2. The van der Waals surface area contributed by atoms with Crippen LogP contribution >= 0.6 is 0 Å². The molecule has 0 unspecified atom stereocenters. The van der Waals surface area contributed by atoms with E-state index in [4.69, 9.17) is 0 Å². The van der Waals surface area contributed by atoms with Gasteiger partial charge in [0.25, 0.3) is 5.69 Å². The predicted molar refractivity (Wildman–Crippen MR) is 90.1 cm³/mol. The Morgan fingerprint density at radius 3 is 3.08 bits per heavy atom. The number of fused-ring (bicyclic) bond motifs is 1. The normalized spacial score (nSPS) is 14.0. The third-order valence-electron chi connectivity index (χ3n) is 4.19. The van der Waals surface area contributed by atoms with Crippen LogP contribution in [0.2, 0.25) is 0 Å². The van der Waals surface area contributed by atoms with Gasteiger partial charge in [-0.2, -0.15) is 0 Å². The van der Waals surface area contributed by atoms with Crippen molar-refractivity contribution in [3.63, 3.8) is 0 Å². The molecule has 0 aliphatic carbocycles. The van der Waals surface area contributed by atoms with Crippen molar-refractivity contribution >= 4 is 11.7 Å². The van der Waals surface area contributed by atoms with Crippen LogP contribution in [0.1, 0.15) is 36.6 Å². The first-order valence-corrected chi connectivity index (χ1v) is 8.24. The maximum absolute atomic E-state index is 12.0. The van der Waals surface area contributed by atoms with Crippen LogP contribution in [0.5, 0.6) is 0 Å². The van der Waals surface area contributed by atoms with Crippen molar-refractivity contribution < 1.29 is 9.72 Å². The van der Waals surface area contributed by atoms with Gasteiger partial charge < -0.3 is 15.2 Å². The maximum Gasteiger partial charge on any atom is 0.315 e. The van der Waals surface area contributed by atoms with Crippen LogP contribution in [-0.4, -0.2) is 32.3 Å². The number of urea groups is 1. The van der Waals surface area contributed by atoms with Crippen molar-refractivity contribution in [3.05, 3.63) is 51.6 Å². The Balaban J connectivity index is 1.48. The highest BCUT2D eigenvalue weighted by Gasteiger charge is 2.22. The first-order valence-electron chi connectivity index (χ1n) is 8.24. The molecule has 1 aromatic carbocycles. The van der Waals surface area contributed by atoms with Crippen LogP contribution in [0.25, 0.3) is 0 Å². The number of nitrogens with zero attached hydrogens (tertiary/aromatic N) is 4. The summed E-state index contributed by atoms with van der Waals surface area (Å²) in [5.74, 6) is 1.73. The molecule has 0 bridgehead atoms. The maximum atomic E-state index is 12.0. The average molecular weight is 344 g/mol. The molecule has 3 rings (SSSR count). The molecule has 2 aromatic rings. The smallest absolute Gasteiger partial charge is 0.315 e. The average Bonchev–Trinajstić information content (AvgIpc) is 3.18. The molecule has 132 valence electrons. The zero-order chi connectivity index (χ0) is 17.8. The molecule has 1 aliphatic rings. The number of nitrogens with one attached hydrogen (secondary N) is 2. The van der Waals surface area contributed by atoms with Crippen molar-refractivity contribution in [1.82, 2.24) is 25.4 Å². The predicted octanol–water partition coefficient (Wildman–Crippen LogP) is 1.74. The molecule has 1 aliphatic heterocycles. The van der Waals surface area contributed by atoms with Gasteiger partial charge in [0.15, 0.2) is 5.82 Å². The Morgan fingerprint density at radius 1 is 1.44 bits per heavy atom. The lowest BCUT2D eigenvalue weighted by Crippen LogP contribution is -2.38.